The molecular formula is C10H13NS. The van der Waals surface area contributed by atoms with Gasteiger partial charge in [0.25, 0.3) is 0 Å². The summed E-state index contributed by atoms with van der Waals surface area (Å²) < 4.78 is 0. The summed E-state index contributed by atoms with van der Waals surface area (Å²) in [5.41, 5.74) is 7.67. The fourth-order valence-electron chi connectivity index (χ4n) is 0.820. The summed E-state index contributed by atoms with van der Waals surface area (Å²) in [6.07, 6.45) is 0. The fraction of sp³-hybridized carbons (Fsp3) is 0.200. The second-order valence-electron chi connectivity index (χ2n) is 2.73. The number of hydrogen-bond donors (Lipinski definition) is 1. The normalized spacial score (nSPS) is 9.75. The van der Waals surface area contributed by atoms with Gasteiger partial charge in [-0.25, -0.2) is 0 Å². The summed E-state index contributed by atoms with van der Waals surface area (Å²) in [7, 11) is 0. The van der Waals surface area contributed by atoms with Crippen LogP contribution in [-0.2, 0) is 5.75 Å². The van der Waals surface area contributed by atoms with Crippen molar-refractivity contribution in [1.82, 2.24) is 0 Å². The smallest absolute Gasteiger partial charge is 0.0314 e. The molecule has 0 heterocycles. The van der Waals surface area contributed by atoms with Crippen molar-refractivity contribution in [1.29, 1.82) is 0 Å². The van der Waals surface area contributed by atoms with Crippen molar-refractivity contribution in [3.63, 3.8) is 0 Å². The molecule has 0 amide bonds. The van der Waals surface area contributed by atoms with Gasteiger partial charge < -0.3 is 5.73 Å². The Bertz CT molecular complexity index is 264. The van der Waals surface area contributed by atoms with Crippen molar-refractivity contribution in [3.8, 4) is 0 Å². The van der Waals surface area contributed by atoms with Gasteiger partial charge in [0, 0.05) is 11.4 Å². The summed E-state index contributed by atoms with van der Waals surface area (Å²) >= 11 is 1.75. The van der Waals surface area contributed by atoms with Crippen LogP contribution < -0.4 is 5.73 Å². The Morgan fingerprint density at radius 3 is 2.50 bits per heavy atom. The summed E-state index contributed by atoms with van der Waals surface area (Å²) in [6, 6.07) is 7.94. The quantitative estimate of drug-likeness (QED) is 0.722. The number of nitrogens with two attached hydrogens (primary N) is 1. The van der Waals surface area contributed by atoms with Gasteiger partial charge in [-0.3, -0.25) is 0 Å². The Kier molecular flexibility index (Phi) is 3.23. The SMILES string of the molecule is C=C(C)SCc1ccc(N)cc1. The predicted molar refractivity (Wildman–Crippen MR) is 57.0 cm³/mol. The zero-order valence-electron chi connectivity index (χ0n) is 7.21. The molecule has 0 unspecified atom stereocenters. The highest BCUT2D eigenvalue weighted by Crippen LogP contribution is 2.19. The Labute approximate surface area is 77.7 Å². The number of nitrogen functional groups attached to an aromatic ring is 1. The van der Waals surface area contributed by atoms with Crippen molar-refractivity contribution in [2.75, 3.05) is 5.73 Å². The van der Waals surface area contributed by atoms with Gasteiger partial charge in [0.05, 0.1) is 0 Å². The Hall–Kier alpha value is -0.890. The molecule has 2 heteroatoms. The summed E-state index contributed by atoms with van der Waals surface area (Å²) in [6.45, 7) is 5.84. The van der Waals surface area contributed by atoms with Crippen molar-refractivity contribution in [2.45, 2.75) is 12.7 Å². The number of hydrogen-bond acceptors (Lipinski definition) is 2. The van der Waals surface area contributed by atoms with Crippen LogP contribution in [0.4, 0.5) is 5.69 Å². The van der Waals surface area contributed by atoms with Crippen LogP contribution in [0.2, 0.25) is 0 Å². The topological polar surface area (TPSA) is 26.0 Å². The predicted octanol–water partition coefficient (Wildman–Crippen LogP) is 3.04. The number of thioether (sulfide) groups is 1. The van der Waals surface area contributed by atoms with Crippen molar-refractivity contribution in [2.24, 2.45) is 0 Å². The Morgan fingerprint density at radius 1 is 1.42 bits per heavy atom. The van der Waals surface area contributed by atoms with Crippen LogP contribution in [-0.4, -0.2) is 0 Å². The average Bonchev–Trinajstić information content (AvgIpc) is 2.03. The van der Waals surface area contributed by atoms with Gasteiger partial charge in [-0.05, 0) is 29.5 Å². The first-order chi connectivity index (χ1) is 5.68. The lowest BCUT2D eigenvalue weighted by Gasteiger charge is -2.00. The molecule has 0 atom stereocenters. The van der Waals surface area contributed by atoms with Crippen molar-refractivity contribution < 1.29 is 0 Å². The molecule has 0 saturated carbocycles. The van der Waals surface area contributed by atoms with Gasteiger partial charge in [-0.15, -0.1) is 11.8 Å². The standard InChI is InChI=1S/C10H13NS/c1-8(2)12-7-9-3-5-10(11)6-4-9/h3-6H,1,7,11H2,2H3. The molecule has 1 nitrogen and oxygen atoms in total. The molecule has 0 fully saturated rings. The van der Waals surface area contributed by atoms with E-state index in [1.54, 1.807) is 11.8 Å². The number of benzene rings is 1. The van der Waals surface area contributed by atoms with E-state index in [-0.39, 0.29) is 0 Å². The van der Waals surface area contributed by atoms with E-state index in [4.69, 9.17) is 5.73 Å². The van der Waals surface area contributed by atoms with Crippen LogP contribution >= 0.6 is 11.8 Å². The molecule has 2 N–H and O–H groups in total. The molecular weight excluding hydrogens is 166 g/mol. The van der Waals surface area contributed by atoms with Crippen molar-refractivity contribution >= 4 is 17.4 Å². The monoisotopic (exact) mass is 179 g/mol. The van der Waals surface area contributed by atoms with Crippen LogP contribution in [0.5, 0.6) is 0 Å². The minimum absolute atomic E-state index is 0.819. The zero-order valence-corrected chi connectivity index (χ0v) is 8.03. The Balaban J connectivity index is 2.53. The average molecular weight is 179 g/mol. The molecule has 0 radical (unpaired) electrons. The van der Waals surface area contributed by atoms with Gasteiger partial charge in [0.2, 0.25) is 0 Å². The minimum atomic E-state index is 0.819. The third-order valence-electron chi connectivity index (χ3n) is 1.46. The molecule has 0 aliphatic rings. The van der Waals surface area contributed by atoms with Crippen LogP contribution in [0.15, 0.2) is 35.7 Å². The maximum Gasteiger partial charge on any atom is 0.0314 e. The molecule has 64 valence electrons. The molecule has 0 spiro atoms. The molecule has 0 bridgehead atoms. The van der Waals surface area contributed by atoms with E-state index in [2.05, 4.69) is 6.58 Å². The molecule has 1 aromatic rings. The maximum atomic E-state index is 5.56. The van der Waals surface area contributed by atoms with E-state index >= 15 is 0 Å². The second kappa shape index (κ2) is 4.21. The highest BCUT2D eigenvalue weighted by molar-refractivity contribution is 8.02. The molecule has 0 aromatic heterocycles. The lowest BCUT2D eigenvalue weighted by molar-refractivity contribution is 1.42. The second-order valence-corrected chi connectivity index (χ2v) is 4.01. The van der Waals surface area contributed by atoms with Crippen LogP contribution in [0.25, 0.3) is 0 Å². The van der Waals surface area contributed by atoms with E-state index in [9.17, 15) is 0 Å². The highest BCUT2D eigenvalue weighted by atomic mass is 32.2. The summed E-state index contributed by atoms with van der Waals surface area (Å²) in [5.74, 6) is 0.982. The van der Waals surface area contributed by atoms with Crippen LogP contribution in [0.1, 0.15) is 12.5 Å². The van der Waals surface area contributed by atoms with E-state index in [0.29, 0.717) is 0 Å². The molecule has 12 heavy (non-hydrogen) atoms. The van der Waals surface area contributed by atoms with Crippen molar-refractivity contribution in [3.05, 3.63) is 41.3 Å². The molecule has 0 aliphatic carbocycles. The number of anilines is 1. The fourth-order valence-corrected chi connectivity index (χ4v) is 1.43. The van der Waals surface area contributed by atoms with Gasteiger partial charge in [0.15, 0.2) is 0 Å². The third kappa shape index (κ3) is 3.01. The number of allylic oxidation sites excluding steroid dienone is 1. The molecule has 0 aliphatic heterocycles. The summed E-state index contributed by atoms with van der Waals surface area (Å²) in [4.78, 5) is 1.15. The lowest BCUT2D eigenvalue weighted by Crippen LogP contribution is -1.85. The largest absolute Gasteiger partial charge is 0.399 e. The van der Waals surface area contributed by atoms with Gasteiger partial charge in [0.1, 0.15) is 0 Å². The van der Waals surface area contributed by atoms with E-state index < -0.39 is 0 Å². The van der Waals surface area contributed by atoms with Gasteiger partial charge >= 0.3 is 0 Å². The molecule has 0 saturated heterocycles. The van der Waals surface area contributed by atoms with Crippen LogP contribution in [0, 0.1) is 0 Å². The van der Waals surface area contributed by atoms with Gasteiger partial charge in [-0.2, -0.15) is 0 Å². The van der Waals surface area contributed by atoms with E-state index in [0.717, 1.165) is 16.3 Å². The summed E-state index contributed by atoms with van der Waals surface area (Å²) in [5, 5.41) is 0. The highest BCUT2D eigenvalue weighted by Gasteiger charge is 1.92. The minimum Gasteiger partial charge on any atom is -0.399 e. The Morgan fingerprint density at radius 2 is 2.00 bits per heavy atom. The van der Waals surface area contributed by atoms with Gasteiger partial charge in [-0.1, -0.05) is 18.7 Å². The lowest BCUT2D eigenvalue weighted by atomic mass is 10.2. The first-order valence-electron chi connectivity index (χ1n) is 3.81. The molecule has 1 aromatic carbocycles. The maximum absolute atomic E-state index is 5.56. The number of rotatable bonds is 3. The van der Waals surface area contributed by atoms with E-state index in [1.165, 1.54) is 5.56 Å². The molecule has 1 rings (SSSR count). The van der Waals surface area contributed by atoms with Crippen LogP contribution in [0.3, 0.4) is 0 Å². The first kappa shape index (κ1) is 9.20. The first-order valence-corrected chi connectivity index (χ1v) is 4.80. The van der Waals surface area contributed by atoms with E-state index in [1.807, 2.05) is 31.2 Å². The zero-order chi connectivity index (χ0) is 8.97. The third-order valence-corrected chi connectivity index (χ3v) is 2.44.